The average molecular weight is 204 g/mol. The molecule has 0 N–H and O–H groups in total. The highest BCUT2D eigenvalue weighted by Gasteiger charge is 2.05. The van der Waals surface area contributed by atoms with Gasteiger partial charge in [-0.3, -0.25) is 0 Å². The molecule has 1 heterocycles. The molecule has 0 radical (unpaired) electrons. The summed E-state index contributed by atoms with van der Waals surface area (Å²) in [6.45, 7) is 4.74. The maximum atomic E-state index is 8.87. The van der Waals surface area contributed by atoms with Gasteiger partial charge in [-0.15, -0.1) is 0 Å². The van der Waals surface area contributed by atoms with Crippen molar-refractivity contribution in [3.63, 3.8) is 0 Å². The number of hydrogen-bond acceptors (Lipinski definition) is 3. The molecule has 0 bridgehead atoms. The van der Waals surface area contributed by atoms with Crippen LogP contribution in [0.25, 0.3) is 0 Å². The molecular formula is C12H16N2O. The van der Waals surface area contributed by atoms with Gasteiger partial charge in [-0.25, -0.2) is 4.98 Å². The molecule has 80 valence electrons. The monoisotopic (exact) mass is 204 g/mol. The Kier molecular flexibility index (Phi) is 4.62. The summed E-state index contributed by atoms with van der Waals surface area (Å²) in [5.41, 5.74) is 1.51. The molecule has 0 saturated heterocycles. The summed E-state index contributed by atoms with van der Waals surface area (Å²) in [5.74, 6) is 0.477. The van der Waals surface area contributed by atoms with Crippen molar-refractivity contribution >= 4 is 0 Å². The van der Waals surface area contributed by atoms with E-state index in [0.29, 0.717) is 18.1 Å². The summed E-state index contributed by atoms with van der Waals surface area (Å²) >= 11 is 0. The summed E-state index contributed by atoms with van der Waals surface area (Å²) in [6, 6.07) is 5.76. The third kappa shape index (κ3) is 3.25. The topological polar surface area (TPSA) is 45.9 Å². The molecule has 0 aliphatic heterocycles. The van der Waals surface area contributed by atoms with E-state index in [1.165, 1.54) is 0 Å². The molecule has 0 saturated carbocycles. The lowest BCUT2D eigenvalue weighted by Crippen LogP contribution is -2.01. The summed E-state index contributed by atoms with van der Waals surface area (Å²) in [6.07, 6.45) is 2.89. The number of ether oxygens (including phenoxy) is 1. The van der Waals surface area contributed by atoms with E-state index in [2.05, 4.69) is 18.0 Å². The number of nitrogens with zero attached hydrogens (tertiary/aromatic N) is 2. The Morgan fingerprint density at radius 1 is 1.33 bits per heavy atom. The van der Waals surface area contributed by atoms with Gasteiger partial charge in [0.2, 0.25) is 5.88 Å². The van der Waals surface area contributed by atoms with Crippen LogP contribution >= 0.6 is 0 Å². The van der Waals surface area contributed by atoms with Gasteiger partial charge in [-0.2, -0.15) is 5.26 Å². The molecule has 1 aromatic heterocycles. The molecule has 0 aliphatic carbocycles. The van der Waals surface area contributed by atoms with Crippen LogP contribution in [0.15, 0.2) is 12.1 Å². The second-order valence-electron chi connectivity index (χ2n) is 3.37. The van der Waals surface area contributed by atoms with Crippen molar-refractivity contribution in [2.24, 2.45) is 0 Å². The van der Waals surface area contributed by atoms with Crippen LogP contribution in [0.3, 0.4) is 0 Å². The minimum atomic E-state index is 0.477. The van der Waals surface area contributed by atoms with Gasteiger partial charge in [0.05, 0.1) is 6.61 Å². The van der Waals surface area contributed by atoms with Gasteiger partial charge in [0.1, 0.15) is 11.6 Å². The van der Waals surface area contributed by atoms with E-state index < -0.39 is 0 Å². The standard InChI is InChI=1S/C12H16N2O/c1-3-5-11-7-6-10(9-13)12(14-11)15-8-4-2/h6-7H,3-5,8H2,1-2H3. The second-order valence-corrected chi connectivity index (χ2v) is 3.37. The normalized spacial score (nSPS) is 9.67. The van der Waals surface area contributed by atoms with Gasteiger partial charge in [-0.1, -0.05) is 20.3 Å². The van der Waals surface area contributed by atoms with Crippen LogP contribution in [0.2, 0.25) is 0 Å². The molecule has 15 heavy (non-hydrogen) atoms. The quantitative estimate of drug-likeness (QED) is 0.740. The van der Waals surface area contributed by atoms with E-state index in [0.717, 1.165) is 25.0 Å². The van der Waals surface area contributed by atoms with Crippen molar-refractivity contribution in [2.75, 3.05) is 6.61 Å². The molecule has 1 rings (SSSR count). The summed E-state index contributed by atoms with van der Waals surface area (Å²) in [5, 5.41) is 8.87. The van der Waals surface area contributed by atoms with E-state index in [9.17, 15) is 0 Å². The highest BCUT2D eigenvalue weighted by atomic mass is 16.5. The largest absolute Gasteiger partial charge is 0.477 e. The molecule has 0 spiro atoms. The number of rotatable bonds is 5. The van der Waals surface area contributed by atoms with Crippen LogP contribution in [0.1, 0.15) is 37.9 Å². The van der Waals surface area contributed by atoms with E-state index in [-0.39, 0.29) is 0 Å². The van der Waals surface area contributed by atoms with Gasteiger partial charge in [0.15, 0.2) is 0 Å². The summed E-state index contributed by atoms with van der Waals surface area (Å²) in [4.78, 5) is 4.33. The number of hydrogen-bond donors (Lipinski definition) is 0. The van der Waals surface area contributed by atoms with Gasteiger partial charge in [0.25, 0.3) is 0 Å². The molecule has 3 heteroatoms. The second kappa shape index (κ2) is 6.02. The minimum Gasteiger partial charge on any atom is -0.477 e. The third-order valence-electron chi connectivity index (χ3n) is 1.99. The smallest absolute Gasteiger partial charge is 0.231 e. The van der Waals surface area contributed by atoms with Crippen LogP contribution in [0.4, 0.5) is 0 Å². The molecule has 3 nitrogen and oxygen atoms in total. The number of nitriles is 1. The van der Waals surface area contributed by atoms with Crippen molar-refractivity contribution in [1.82, 2.24) is 4.98 Å². The SMILES string of the molecule is CCCOc1nc(CCC)ccc1C#N. The van der Waals surface area contributed by atoms with Crippen LogP contribution in [-0.4, -0.2) is 11.6 Å². The first-order valence-electron chi connectivity index (χ1n) is 5.34. The zero-order valence-corrected chi connectivity index (χ0v) is 9.29. The Hall–Kier alpha value is -1.56. The van der Waals surface area contributed by atoms with Crippen LogP contribution in [0.5, 0.6) is 5.88 Å². The van der Waals surface area contributed by atoms with Crippen LogP contribution in [-0.2, 0) is 6.42 Å². The average Bonchev–Trinajstić information content (AvgIpc) is 2.27. The van der Waals surface area contributed by atoms with Gasteiger partial charge < -0.3 is 4.74 Å². The third-order valence-corrected chi connectivity index (χ3v) is 1.99. The lowest BCUT2D eigenvalue weighted by molar-refractivity contribution is 0.303. The maximum absolute atomic E-state index is 8.87. The Bertz CT molecular complexity index is 355. The van der Waals surface area contributed by atoms with Crippen LogP contribution < -0.4 is 4.74 Å². The first kappa shape index (κ1) is 11.5. The molecule has 0 amide bonds. The van der Waals surface area contributed by atoms with Gasteiger partial charge >= 0.3 is 0 Å². The van der Waals surface area contributed by atoms with Crippen molar-refractivity contribution in [3.8, 4) is 11.9 Å². The molecule has 1 aromatic rings. The molecule has 0 unspecified atom stereocenters. The first-order chi connectivity index (χ1) is 7.31. The molecular weight excluding hydrogens is 188 g/mol. The van der Waals surface area contributed by atoms with E-state index in [1.54, 1.807) is 6.07 Å². The fourth-order valence-electron chi connectivity index (χ4n) is 1.27. The van der Waals surface area contributed by atoms with Gasteiger partial charge in [-0.05, 0) is 25.0 Å². The zero-order chi connectivity index (χ0) is 11.1. The Balaban J connectivity index is 2.87. The molecule has 0 aromatic carbocycles. The van der Waals surface area contributed by atoms with Crippen molar-refractivity contribution in [3.05, 3.63) is 23.4 Å². The van der Waals surface area contributed by atoms with E-state index >= 15 is 0 Å². The van der Waals surface area contributed by atoms with Gasteiger partial charge in [0, 0.05) is 5.69 Å². The van der Waals surface area contributed by atoms with Crippen molar-refractivity contribution in [2.45, 2.75) is 33.1 Å². The number of pyridine rings is 1. The Morgan fingerprint density at radius 2 is 2.13 bits per heavy atom. The Morgan fingerprint density at radius 3 is 2.73 bits per heavy atom. The highest BCUT2D eigenvalue weighted by Crippen LogP contribution is 2.16. The Labute approximate surface area is 90.7 Å². The zero-order valence-electron chi connectivity index (χ0n) is 9.29. The number of aromatic nitrogens is 1. The lowest BCUT2D eigenvalue weighted by atomic mass is 10.2. The fraction of sp³-hybridized carbons (Fsp3) is 0.500. The van der Waals surface area contributed by atoms with E-state index in [1.807, 2.05) is 13.0 Å². The lowest BCUT2D eigenvalue weighted by Gasteiger charge is -2.07. The maximum Gasteiger partial charge on any atom is 0.231 e. The molecule has 0 atom stereocenters. The number of aryl methyl sites for hydroxylation is 1. The van der Waals surface area contributed by atoms with Crippen LogP contribution in [0, 0.1) is 11.3 Å². The predicted octanol–water partition coefficient (Wildman–Crippen LogP) is 2.69. The van der Waals surface area contributed by atoms with Crippen molar-refractivity contribution in [1.29, 1.82) is 5.26 Å². The molecule has 0 fully saturated rings. The highest BCUT2D eigenvalue weighted by molar-refractivity contribution is 5.38. The molecule has 0 aliphatic rings. The predicted molar refractivity (Wildman–Crippen MR) is 58.7 cm³/mol. The first-order valence-corrected chi connectivity index (χ1v) is 5.34. The fourth-order valence-corrected chi connectivity index (χ4v) is 1.27. The van der Waals surface area contributed by atoms with E-state index in [4.69, 9.17) is 10.00 Å². The minimum absolute atomic E-state index is 0.477. The van der Waals surface area contributed by atoms with Crippen molar-refractivity contribution < 1.29 is 4.74 Å². The summed E-state index contributed by atoms with van der Waals surface area (Å²) < 4.78 is 5.43. The summed E-state index contributed by atoms with van der Waals surface area (Å²) in [7, 11) is 0.